The molecule has 2 aromatic carbocycles. The van der Waals surface area contributed by atoms with Gasteiger partial charge in [-0.3, -0.25) is 9.59 Å². The van der Waals surface area contributed by atoms with Crippen LogP contribution in [0.15, 0.2) is 54.6 Å². The monoisotopic (exact) mass is 372 g/mol. The van der Waals surface area contributed by atoms with Crippen molar-refractivity contribution in [3.63, 3.8) is 0 Å². The van der Waals surface area contributed by atoms with Crippen LogP contribution in [0.25, 0.3) is 0 Å². The number of hydrogen-bond acceptors (Lipinski definition) is 2. The van der Waals surface area contributed by atoms with E-state index in [2.05, 4.69) is 10.6 Å². The first-order valence-electron chi connectivity index (χ1n) is 8.81. The number of rotatable bonds is 8. The summed E-state index contributed by atoms with van der Waals surface area (Å²) in [4.78, 5) is 24.7. The molecule has 0 unspecified atom stereocenters. The van der Waals surface area contributed by atoms with Gasteiger partial charge in [-0.2, -0.15) is 0 Å². The zero-order valence-electron chi connectivity index (χ0n) is 15.2. The van der Waals surface area contributed by atoms with E-state index in [0.29, 0.717) is 18.0 Å². The summed E-state index contributed by atoms with van der Waals surface area (Å²) >= 11 is 5.87. The standard InChI is InChI=1S/C21H25ClN2O2/c1-15(2)20(24-19(25)14-17-6-4-3-5-7-17)21(26)23-13-12-16-8-10-18(22)11-9-16/h3-11,15,20H,12-14H2,1-2H3,(H,23,26)(H,24,25)/t20-/m0/s1. The summed E-state index contributed by atoms with van der Waals surface area (Å²) in [5.74, 6) is -0.302. The van der Waals surface area contributed by atoms with Gasteiger partial charge < -0.3 is 10.6 Å². The van der Waals surface area contributed by atoms with Crippen molar-refractivity contribution in [2.75, 3.05) is 6.54 Å². The molecule has 0 bridgehead atoms. The number of nitrogens with one attached hydrogen (secondary N) is 2. The third-order valence-electron chi connectivity index (χ3n) is 4.10. The number of amides is 2. The van der Waals surface area contributed by atoms with Crippen molar-refractivity contribution in [3.8, 4) is 0 Å². The fraction of sp³-hybridized carbons (Fsp3) is 0.333. The van der Waals surface area contributed by atoms with Crippen LogP contribution in [0.5, 0.6) is 0 Å². The summed E-state index contributed by atoms with van der Waals surface area (Å²) in [7, 11) is 0. The van der Waals surface area contributed by atoms with E-state index in [1.165, 1.54) is 0 Å². The van der Waals surface area contributed by atoms with E-state index in [1.54, 1.807) is 0 Å². The van der Waals surface area contributed by atoms with Gasteiger partial charge in [0.15, 0.2) is 0 Å². The molecule has 1 atom stereocenters. The maximum atomic E-state index is 12.5. The lowest BCUT2D eigenvalue weighted by Crippen LogP contribution is -2.50. The van der Waals surface area contributed by atoms with Gasteiger partial charge in [-0.15, -0.1) is 0 Å². The third kappa shape index (κ3) is 6.52. The molecule has 2 rings (SSSR count). The Labute approximate surface area is 159 Å². The number of halogens is 1. The molecular weight excluding hydrogens is 348 g/mol. The van der Waals surface area contributed by atoms with E-state index < -0.39 is 6.04 Å². The van der Waals surface area contributed by atoms with Crippen molar-refractivity contribution in [1.82, 2.24) is 10.6 Å². The molecule has 0 heterocycles. The Hall–Kier alpha value is -2.33. The van der Waals surface area contributed by atoms with Gasteiger partial charge in [0.1, 0.15) is 6.04 Å². The van der Waals surface area contributed by atoms with Gasteiger partial charge in [-0.1, -0.05) is 67.9 Å². The lowest BCUT2D eigenvalue weighted by Gasteiger charge is -2.22. The Kier molecular flexibility index (Phi) is 7.67. The second-order valence-corrected chi connectivity index (χ2v) is 7.06. The molecule has 0 aromatic heterocycles. The van der Waals surface area contributed by atoms with Crippen LogP contribution in [0.3, 0.4) is 0 Å². The number of carbonyl (C=O) groups is 2. The van der Waals surface area contributed by atoms with Gasteiger partial charge in [0, 0.05) is 11.6 Å². The molecule has 0 radical (unpaired) electrons. The fourth-order valence-electron chi connectivity index (χ4n) is 2.63. The largest absolute Gasteiger partial charge is 0.354 e. The van der Waals surface area contributed by atoms with Crippen molar-refractivity contribution in [2.24, 2.45) is 5.92 Å². The second-order valence-electron chi connectivity index (χ2n) is 6.62. The summed E-state index contributed by atoms with van der Waals surface area (Å²) in [5, 5.41) is 6.46. The minimum atomic E-state index is -0.545. The smallest absolute Gasteiger partial charge is 0.242 e. The Bertz CT molecular complexity index is 715. The first-order chi connectivity index (χ1) is 12.5. The van der Waals surface area contributed by atoms with Crippen molar-refractivity contribution in [1.29, 1.82) is 0 Å². The molecule has 0 fully saturated rings. The quantitative estimate of drug-likeness (QED) is 0.746. The van der Waals surface area contributed by atoms with Crippen molar-refractivity contribution >= 4 is 23.4 Å². The van der Waals surface area contributed by atoms with Crippen LogP contribution in [-0.2, 0) is 22.4 Å². The van der Waals surface area contributed by atoms with Crippen LogP contribution in [0, 0.1) is 5.92 Å². The van der Waals surface area contributed by atoms with Crippen molar-refractivity contribution in [3.05, 3.63) is 70.7 Å². The maximum Gasteiger partial charge on any atom is 0.242 e. The predicted octanol–water partition coefficient (Wildman–Crippen LogP) is 3.38. The molecule has 138 valence electrons. The van der Waals surface area contributed by atoms with Crippen molar-refractivity contribution < 1.29 is 9.59 Å². The van der Waals surface area contributed by atoms with E-state index >= 15 is 0 Å². The van der Waals surface area contributed by atoms with Gasteiger partial charge in [-0.05, 0) is 35.6 Å². The van der Waals surface area contributed by atoms with E-state index in [4.69, 9.17) is 11.6 Å². The topological polar surface area (TPSA) is 58.2 Å². The Morgan fingerprint density at radius 2 is 1.62 bits per heavy atom. The highest BCUT2D eigenvalue weighted by atomic mass is 35.5. The van der Waals surface area contributed by atoms with Crippen LogP contribution in [0.4, 0.5) is 0 Å². The highest BCUT2D eigenvalue weighted by molar-refractivity contribution is 6.30. The molecule has 2 aromatic rings. The van der Waals surface area contributed by atoms with Crippen LogP contribution < -0.4 is 10.6 Å². The maximum absolute atomic E-state index is 12.5. The first kappa shape index (κ1) is 20.0. The minimum absolute atomic E-state index is 0.00487. The minimum Gasteiger partial charge on any atom is -0.354 e. The van der Waals surface area contributed by atoms with Crippen molar-refractivity contribution in [2.45, 2.75) is 32.7 Å². The Balaban J connectivity index is 1.84. The second kappa shape index (κ2) is 9.97. The molecule has 5 heteroatoms. The molecular formula is C21H25ClN2O2. The fourth-order valence-corrected chi connectivity index (χ4v) is 2.76. The lowest BCUT2D eigenvalue weighted by molar-refractivity contribution is -0.129. The van der Waals surface area contributed by atoms with Gasteiger partial charge >= 0.3 is 0 Å². The number of hydrogen-bond donors (Lipinski definition) is 2. The lowest BCUT2D eigenvalue weighted by atomic mass is 10.0. The first-order valence-corrected chi connectivity index (χ1v) is 9.19. The summed E-state index contributed by atoms with van der Waals surface area (Å²) in [5.41, 5.74) is 2.03. The van der Waals surface area contributed by atoms with Gasteiger partial charge in [-0.25, -0.2) is 0 Å². The molecule has 0 saturated heterocycles. The molecule has 0 saturated carbocycles. The van der Waals surface area contributed by atoms with Gasteiger partial charge in [0.2, 0.25) is 11.8 Å². The molecule has 0 aliphatic heterocycles. The Morgan fingerprint density at radius 3 is 2.23 bits per heavy atom. The highest BCUT2D eigenvalue weighted by Gasteiger charge is 2.23. The Morgan fingerprint density at radius 1 is 0.962 bits per heavy atom. The van der Waals surface area contributed by atoms with E-state index in [-0.39, 0.29) is 24.2 Å². The average Bonchev–Trinajstić information content (AvgIpc) is 2.62. The van der Waals surface area contributed by atoms with E-state index in [0.717, 1.165) is 11.1 Å². The summed E-state index contributed by atoms with van der Waals surface area (Å²) in [6, 6.07) is 16.5. The molecule has 26 heavy (non-hydrogen) atoms. The predicted molar refractivity (Wildman–Crippen MR) is 105 cm³/mol. The van der Waals surface area contributed by atoms with Crippen LogP contribution in [0.1, 0.15) is 25.0 Å². The summed E-state index contributed by atoms with van der Waals surface area (Å²) < 4.78 is 0. The zero-order chi connectivity index (χ0) is 18.9. The summed E-state index contributed by atoms with van der Waals surface area (Å²) in [6.07, 6.45) is 0.980. The number of carbonyl (C=O) groups excluding carboxylic acids is 2. The number of benzene rings is 2. The SMILES string of the molecule is CC(C)[C@H](NC(=O)Cc1ccccc1)C(=O)NCCc1ccc(Cl)cc1. The van der Waals surface area contributed by atoms with Crippen LogP contribution in [0.2, 0.25) is 5.02 Å². The molecule has 0 aliphatic carbocycles. The molecule has 0 spiro atoms. The highest BCUT2D eigenvalue weighted by Crippen LogP contribution is 2.10. The zero-order valence-corrected chi connectivity index (χ0v) is 15.9. The summed E-state index contributed by atoms with van der Waals surface area (Å²) in [6.45, 7) is 4.36. The van der Waals surface area contributed by atoms with Gasteiger partial charge in [0.25, 0.3) is 0 Å². The van der Waals surface area contributed by atoms with Gasteiger partial charge in [0.05, 0.1) is 6.42 Å². The van der Waals surface area contributed by atoms with Crippen LogP contribution in [-0.4, -0.2) is 24.4 Å². The van der Waals surface area contributed by atoms with Crippen LogP contribution >= 0.6 is 11.6 Å². The molecule has 2 N–H and O–H groups in total. The molecule has 4 nitrogen and oxygen atoms in total. The molecule has 0 aliphatic rings. The van der Waals surface area contributed by atoms with E-state index in [9.17, 15) is 9.59 Å². The molecule has 2 amide bonds. The van der Waals surface area contributed by atoms with E-state index in [1.807, 2.05) is 68.4 Å². The average molecular weight is 373 g/mol. The third-order valence-corrected chi connectivity index (χ3v) is 4.35. The normalized spacial score (nSPS) is 11.8.